The van der Waals surface area contributed by atoms with Gasteiger partial charge < -0.3 is 20.4 Å². The van der Waals surface area contributed by atoms with Crippen LogP contribution in [-0.4, -0.2) is 45.3 Å². The number of rotatable bonds is 4. The van der Waals surface area contributed by atoms with Gasteiger partial charge >= 0.3 is 0 Å². The summed E-state index contributed by atoms with van der Waals surface area (Å²) >= 11 is 0. The lowest BCUT2D eigenvalue weighted by Gasteiger charge is -2.25. The van der Waals surface area contributed by atoms with Gasteiger partial charge in [0.05, 0.1) is 12.7 Å². The van der Waals surface area contributed by atoms with Crippen molar-refractivity contribution in [2.75, 3.05) is 6.61 Å². The molecule has 0 saturated heterocycles. The maximum absolute atomic E-state index is 9.57. The van der Waals surface area contributed by atoms with Crippen LogP contribution in [0.3, 0.4) is 0 Å². The Labute approximate surface area is 77.8 Å². The maximum atomic E-state index is 9.57. The van der Waals surface area contributed by atoms with E-state index in [-0.39, 0.29) is 5.92 Å². The van der Waals surface area contributed by atoms with Crippen molar-refractivity contribution in [2.45, 2.75) is 37.6 Å². The van der Waals surface area contributed by atoms with E-state index in [1.54, 1.807) is 0 Å². The van der Waals surface area contributed by atoms with Crippen LogP contribution >= 0.6 is 0 Å². The fraction of sp³-hybridized carbons (Fsp3) is 0.889. The van der Waals surface area contributed by atoms with Crippen LogP contribution in [0.2, 0.25) is 0 Å². The van der Waals surface area contributed by atoms with Crippen molar-refractivity contribution in [1.82, 2.24) is 0 Å². The summed E-state index contributed by atoms with van der Waals surface area (Å²) in [6.45, 7) is -0.523. The largest absolute Gasteiger partial charge is 0.394 e. The van der Waals surface area contributed by atoms with E-state index in [0.29, 0.717) is 0 Å². The average Bonchev–Trinajstić information content (AvgIpc) is 2.67. The molecule has 0 spiro atoms. The lowest BCUT2D eigenvalue weighted by Crippen LogP contribution is -2.42. The van der Waals surface area contributed by atoms with Crippen LogP contribution in [0.25, 0.3) is 0 Å². The van der Waals surface area contributed by atoms with Gasteiger partial charge in [0.15, 0.2) is 0 Å². The summed E-state index contributed by atoms with van der Waals surface area (Å²) in [5, 5.41) is 36.6. The van der Waals surface area contributed by atoms with Gasteiger partial charge in [-0.15, -0.1) is 0 Å². The molecule has 0 bridgehead atoms. The van der Waals surface area contributed by atoms with E-state index in [4.69, 9.17) is 10.2 Å². The predicted octanol–water partition coefficient (Wildman–Crippen LogP) is -0.934. The summed E-state index contributed by atoms with van der Waals surface area (Å²) < 4.78 is 0. The Morgan fingerprint density at radius 3 is 2.46 bits per heavy atom. The second-order valence-electron chi connectivity index (χ2n) is 3.56. The molecule has 4 N–H and O–H groups in total. The minimum atomic E-state index is -1.25. The van der Waals surface area contributed by atoms with E-state index in [2.05, 4.69) is 0 Å². The summed E-state index contributed by atoms with van der Waals surface area (Å²) in [6, 6.07) is 0. The van der Waals surface area contributed by atoms with Crippen molar-refractivity contribution in [3.8, 4) is 0 Å². The van der Waals surface area contributed by atoms with Gasteiger partial charge in [0.2, 0.25) is 0 Å². The van der Waals surface area contributed by atoms with Gasteiger partial charge in [-0.25, -0.2) is 0 Å². The van der Waals surface area contributed by atoms with Gasteiger partial charge in [0.25, 0.3) is 0 Å². The highest BCUT2D eigenvalue weighted by Crippen LogP contribution is 2.28. The zero-order chi connectivity index (χ0) is 9.84. The Morgan fingerprint density at radius 2 is 2.00 bits per heavy atom. The van der Waals surface area contributed by atoms with Crippen LogP contribution in [0.5, 0.6) is 0 Å². The second kappa shape index (κ2) is 4.91. The number of aliphatic hydroxyl groups excluding tert-OH is 4. The molecule has 0 aromatic rings. The van der Waals surface area contributed by atoms with E-state index in [1.807, 2.05) is 6.42 Å². The molecular formula is C9H17O4. The molecule has 1 fully saturated rings. The zero-order valence-electron chi connectivity index (χ0n) is 7.50. The van der Waals surface area contributed by atoms with Crippen LogP contribution in [0.15, 0.2) is 0 Å². The molecule has 4 unspecified atom stereocenters. The van der Waals surface area contributed by atoms with Gasteiger partial charge in [-0.1, -0.05) is 6.42 Å². The third-order valence-electron chi connectivity index (χ3n) is 2.58. The number of aliphatic hydroxyl groups is 4. The quantitative estimate of drug-likeness (QED) is 0.460. The van der Waals surface area contributed by atoms with Crippen molar-refractivity contribution in [2.24, 2.45) is 5.92 Å². The summed E-state index contributed by atoms with van der Waals surface area (Å²) in [5.74, 6) is -0.0452. The number of hydrogen-bond acceptors (Lipinski definition) is 4. The Bertz CT molecular complexity index is 145. The summed E-state index contributed by atoms with van der Waals surface area (Å²) in [7, 11) is 0. The van der Waals surface area contributed by atoms with Gasteiger partial charge in [-0.3, -0.25) is 0 Å². The normalized spacial score (nSPS) is 25.8. The molecule has 1 rings (SSSR count). The van der Waals surface area contributed by atoms with Crippen molar-refractivity contribution in [1.29, 1.82) is 0 Å². The van der Waals surface area contributed by atoms with Gasteiger partial charge in [0.1, 0.15) is 12.2 Å². The fourth-order valence-corrected chi connectivity index (χ4v) is 1.70. The highest BCUT2D eigenvalue weighted by atomic mass is 16.4. The van der Waals surface area contributed by atoms with E-state index < -0.39 is 24.9 Å². The van der Waals surface area contributed by atoms with Crippen molar-refractivity contribution in [3.63, 3.8) is 0 Å². The summed E-state index contributed by atoms with van der Waals surface area (Å²) in [6.07, 6.45) is 1.32. The van der Waals surface area contributed by atoms with Crippen molar-refractivity contribution < 1.29 is 20.4 Å². The molecule has 1 aliphatic rings. The topological polar surface area (TPSA) is 80.9 Å². The monoisotopic (exact) mass is 189 g/mol. The first-order chi connectivity index (χ1) is 6.16. The Morgan fingerprint density at radius 1 is 1.31 bits per heavy atom. The first-order valence-corrected chi connectivity index (χ1v) is 4.65. The van der Waals surface area contributed by atoms with Gasteiger partial charge in [-0.2, -0.15) is 0 Å². The average molecular weight is 189 g/mol. The summed E-state index contributed by atoms with van der Waals surface area (Å²) in [5.41, 5.74) is 0. The highest BCUT2D eigenvalue weighted by Gasteiger charge is 2.32. The SMILES string of the molecule is OCC(O)C(O)C(O)C1[CH]CCC1. The van der Waals surface area contributed by atoms with E-state index in [9.17, 15) is 10.2 Å². The van der Waals surface area contributed by atoms with E-state index in [1.165, 1.54) is 0 Å². The first-order valence-electron chi connectivity index (χ1n) is 4.65. The van der Waals surface area contributed by atoms with Gasteiger partial charge in [0, 0.05) is 0 Å². The minimum absolute atomic E-state index is 0.0452. The van der Waals surface area contributed by atoms with Crippen LogP contribution < -0.4 is 0 Å². The van der Waals surface area contributed by atoms with Crippen LogP contribution in [0, 0.1) is 12.3 Å². The van der Waals surface area contributed by atoms with Crippen LogP contribution in [-0.2, 0) is 0 Å². The molecule has 0 amide bonds. The Kier molecular flexibility index (Phi) is 4.12. The molecule has 1 radical (unpaired) electrons. The standard InChI is InChI=1S/C9H17O4/c10-5-7(11)9(13)8(12)6-3-1-2-4-6/h3,6-13H,1-2,4-5H2. The third kappa shape index (κ3) is 2.64. The second-order valence-corrected chi connectivity index (χ2v) is 3.56. The molecule has 77 valence electrons. The van der Waals surface area contributed by atoms with E-state index >= 15 is 0 Å². The Balaban J connectivity index is 2.40. The predicted molar refractivity (Wildman–Crippen MR) is 46.7 cm³/mol. The molecule has 0 aromatic carbocycles. The molecule has 0 heterocycles. The molecule has 1 saturated carbocycles. The van der Waals surface area contributed by atoms with Crippen LogP contribution in [0.4, 0.5) is 0 Å². The summed E-state index contributed by atoms with van der Waals surface area (Å²) in [4.78, 5) is 0. The molecular weight excluding hydrogens is 172 g/mol. The molecule has 0 aliphatic heterocycles. The first kappa shape index (κ1) is 10.9. The Hall–Kier alpha value is -0.160. The number of hydrogen-bond donors (Lipinski definition) is 4. The molecule has 1 aliphatic carbocycles. The molecule has 4 heteroatoms. The lowest BCUT2D eigenvalue weighted by molar-refractivity contribution is -0.0895. The van der Waals surface area contributed by atoms with Crippen LogP contribution in [0.1, 0.15) is 19.3 Å². The highest BCUT2D eigenvalue weighted by molar-refractivity contribution is 4.92. The molecule has 13 heavy (non-hydrogen) atoms. The molecule has 4 nitrogen and oxygen atoms in total. The van der Waals surface area contributed by atoms with Crippen molar-refractivity contribution >= 4 is 0 Å². The molecule has 0 aromatic heterocycles. The van der Waals surface area contributed by atoms with E-state index in [0.717, 1.165) is 19.3 Å². The van der Waals surface area contributed by atoms with Crippen molar-refractivity contribution in [3.05, 3.63) is 6.42 Å². The minimum Gasteiger partial charge on any atom is -0.394 e. The molecule has 4 atom stereocenters. The third-order valence-corrected chi connectivity index (χ3v) is 2.58. The van der Waals surface area contributed by atoms with Gasteiger partial charge in [-0.05, 0) is 25.2 Å². The smallest absolute Gasteiger partial charge is 0.108 e. The lowest BCUT2D eigenvalue weighted by atomic mass is 9.94. The maximum Gasteiger partial charge on any atom is 0.108 e. The zero-order valence-corrected chi connectivity index (χ0v) is 7.50. The fourth-order valence-electron chi connectivity index (χ4n) is 1.70.